The zero-order valence-corrected chi connectivity index (χ0v) is 17.3. The smallest absolute Gasteiger partial charge is 0.317 e. The van der Waals surface area contributed by atoms with E-state index in [9.17, 15) is 9.59 Å². The molecule has 3 amide bonds. The maximum absolute atomic E-state index is 12.4. The normalized spacial score (nSPS) is 20.0. The lowest BCUT2D eigenvalue weighted by atomic mass is 9.69. The van der Waals surface area contributed by atoms with Gasteiger partial charge in [-0.15, -0.1) is 0 Å². The van der Waals surface area contributed by atoms with E-state index >= 15 is 0 Å². The Morgan fingerprint density at radius 1 is 1.11 bits per heavy atom. The number of nitrogens with zero attached hydrogens (tertiary/aromatic N) is 1. The number of hydrogen-bond donors (Lipinski definition) is 2. The average Bonchev–Trinajstić information content (AvgIpc) is 2.62. The molecule has 2 unspecified atom stereocenters. The van der Waals surface area contributed by atoms with Gasteiger partial charge in [0, 0.05) is 32.6 Å². The van der Waals surface area contributed by atoms with Crippen LogP contribution in [0.3, 0.4) is 0 Å². The SMILES string of the molecule is CN(Cc1ccccc1)C(=O)NCCC(=O)NC1CCCCC1C(C)(C)C. The van der Waals surface area contributed by atoms with Crippen molar-refractivity contribution < 1.29 is 9.59 Å². The number of urea groups is 1. The van der Waals surface area contributed by atoms with Crippen molar-refractivity contribution in [2.75, 3.05) is 13.6 Å². The topological polar surface area (TPSA) is 61.4 Å². The zero-order chi connectivity index (χ0) is 19.9. The summed E-state index contributed by atoms with van der Waals surface area (Å²) >= 11 is 0. The number of hydrogen-bond acceptors (Lipinski definition) is 2. The predicted octanol–water partition coefficient (Wildman–Crippen LogP) is 3.94. The minimum absolute atomic E-state index is 0.0298. The van der Waals surface area contributed by atoms with Crippen LogP contribution < -0.4 is 10.6 Å². The molecule has 0 heterocycles. The summed E-state index contributed by atoms with van der Waals surface area (Å²) in [6, 6.07) is 9.96. The summed E-state index contributed by atoms with van der Waals surface area (Å²) in [5.41, 5.74) is 1.28. The minimum atomic E-state index is -0.156. The third-order valence-corrected chi connectivity index (χ3v) is 5.46. The van der Waals surface area contributed by atoms with Crippen molar-refractivity contribution in [1.82, 2.24) is 15.5 Å². The van der Waals surface area contributed by atoms with Crippen LogP contribution in [0.2, 0.25) is 0 Å². The van der Waals surface area contributed by atoms with Crippen LogP contribution in [0.5, 0.6) is 0 Å². The fourth-order valence-electron chi connectivity index (χ4n) is 3.97. The molecule has 0 bridgehead atoms. The first kappa shape index (κ1) is 21.3. The summed E-state index contributed by atoms with van der Waals surface area (Å²) in [5, 5.41) is 6.05. The van der Waals surface area contributed by atoms with E-state index in [1.54, 1.807) is 11.9 Å². The van der Waals surface area contributed by atoms with Gasteiger partial charge in [-0.25, -0.2) is 4.79 Å². The Balaban J connectivity index is 1.72. The van der Waals surface area contributed by atoms with Gasteiger partial charge in [0.15, 0.2) is 0 Å². The van der Waals surface area contributed by atoms with E-state index in [1.807, 2.05) is 30.3 Å². The Morgan fingerprint density at radius 3 is 2.44 bits per heavy atom. The van der Waals surface area contributed by atoms with Crippen LogP contribution in [0.15, 0.2) is 30.3 Å². The molecule has 0 aliphatic heterocycles. The van der Waals surface area contributed by atoms with Gasteiger partial charge in [0.25, 0.3) is 0 Å². The first-order chi connectivity index (χ1) is 12.8. The molecule has 2 rings (SSSR count). The van der Waals surface area contributed by atoms with Crippen LogP contribution in [0.1, 0.15) is 58.4 Å². The number of carbonyl (C=O) groups is 2. The highest BCUT2D eigenvalue weighted by Crippen LogP contribution is 2.37. The number of rotatable bonds is 6. The molecule has 0 spiro atoms. The van der Waals surface area contributed by atoms with Gasteiger partial charge in [0.05, 0.1) is 0 Å². The van der Waals surface area contributed by atoms with E-state index in [2.05, 4.69) is 31.4 Å². The summed E-state index contributed by atoms with van der Waals surface area (Å²) in [6.07, 6.45) is 4.98. The summed E-state index contributed by atoms with van der Waals surface area (Å²) in [6.45, 7) is 7.67. The van der Waals surface area contributed by atoms with Gasteiger partial charge in [0.2, 0.25) is 5.91 Å². The molecule has 0 radical (unpaired) electrons. The van der Waals surface area contributed by atoms with Crippen molar-refractivity contribution in [1.29, 1.82) is 0 Å². The third kappa shape index (κ3) is 6.89. The molecule has 5 heteroatoms. The van der Waals surface area contributed by atoms with Crippen LogP contribution in [-0.2, 0) is 11.3 Å². The summed E-state index contributed by atoms with van der Waals surface area (Å²) in [5.74, 6) is 0.545. The Labute approximate surface area is 163 Å². The Hall–Kier alpha value is -2.04. The maximum Gasteiger partial charge on any atom is 0.317 e. The van der Waals surface area contributed by atoms with Crippen LogP contribution in [-0.4, -0.2) is 36.5 Å². The van der Waals surface area contributed by atoms with Gasteiger partial charge in [0.1, 0.15) is 0 Å². The second-order valence-corrected chi connectivity index (χ2v) is 8.75. The Morgan fingerprint density at radius 2 is 1.78 bits per heavy atom. The summed E-state index contributed by atoms with van der Waals surface area (Å²) < 4.78 is 0. The van der Waals surface area contributed by atoms with Crippen LogP contribution in [0.4, 0.5) is 4.79 Å². The molecular formula is C22H35N3O2. The van der Waals surface area contributed by atoms with Crippen LogP contribution >= 0.6 is 0 Å². The summed E-state index contributed by atoms with van der Waals surface area (Å²) in [7, 11) is 1.76. The van der Waals surface area contributed by atoms with Crippen molar-refractivity contribution in [2.24, 2.45) is 11.3 Å². The highest BCUT2D eigenvalue weighted by Gasteiger charge is 2.34. The number of carbonyl (C=O) groups excluding carboxylic acids is 2. The third-order valence-electron chi connectivity index (χ3n) is 5.46. The van der Waals surface area contributed by atoms with E-state index in [0.29, 0.717) is 25.4 Å². The van der Waals surface area contributed by atoms with Gasteiger partial charge in [-0.05, 0) is 29.7 Å². The van der Waals surface area contributed by atoms with E-state index in [-0.39, 0.29) is 23.4 Å². The van der Waals surface area contributed by atoms with E-state index in [1.165, 1.54) is 19.3 Å². The van der Waals surface area contributed by atoms with Crippen molar-refractivity contribution in [3.63, 3.8) is 0 Å². The Kier molecular flexibility index (Phi) is 7.69. The number of amides is 3. The van der Waals surface area contributed by atoms with Crippen molar-refractivity contribution in [3.05, 3.63) is 35.9 Å². The molecule has 1 saturated carbocycles. The fourth-order valence-corrected chi connectivity index (χ4v) is 3.97. The van der Waals surface area contributed by atoms with Crippen molar-refractivity contribution >= 4 is 11.9 Å². The fraction of sp³-hybridized carbons (Fsp3) is 0.636. The van der Waals surface area contributed by atoms with Crippen LogP contribution in [0, 0.1) is 11.3 Å². The molecule has 1 aliphatic rings. The first-order valence-electron chi connectivity index (χ1n) is 10.1. The number of benzene rings is 1. The van der Waals surface area contributed by atoms with Gasteiger partial charge in [-0.2, -0.15) is 0 Å². The average molecular weight is 374 g/mol. The van der Waals surface area contributed by atoms with Gasteiger partial charge in [-0.1, -0.05) is 63.9 Å². The lowest BCUT2D eigenvalue weighted by Crippen LogP contribution is -2.47. The van der Waals surface area contributed by atoms with Gasteiger partial charge < -0.3 is 15.5 Å². The maximum atomic E-state index is 12.4. The highest BCUT2D eigenvalue weighted by molar-refractivity contribution is 5.78. The molecule has 1 aromatic carbocycles. The molecule has 2 N–H and O–H groups in total. The quantitative estimate of drug-likeness (QED) is 0.793. The molecule has 0 aromatic heterocycles. The molecule has 5 nitrogen and oxygen atoms in total. The molecule has 1 aliphatic carbocycles. The molecule has 1 aromatic rings. The zero-order valence-electron chi connectivity index (χ0n) is 17.3. The highest BCUT2D eigenvalue weighted by atomic mass is 16.2. The first-order valence-corrected chi connectivity index (χ1v) is 10.1. The monoisotopic (exact) mass is 373 g/mol. The molecular weight excluding hydrogens is 338 g/mol. The molecule has 27 heavy (non-hydrogen) atoms. The Bertz CT molecular complexity index is 610. The molecule has 150 valence electrons. The van der Waals surface area contributed by atoms with Crippen LogP contribution in [0.25, 0.3) is 0 Å². The van der Waals surface area contributed by atoms with E-state index < -0.39 is 0 Å². The standard InChI is InChI=1S/C22H35N3O2/c1-22(2,3)18-12-8-9-13-19(18)24-20(26)14-15-23-21(27)25(4)16-17-10-6-5-7-11-17/h5-7,10-11,18-19H,8-9,12-16H2,1-4H3,(H,23,27)(H,24,26). The van der Waals surface area contributed by atoms with Gasteiger partial charge >= 0.3 is 6.03 Å². The van der Waals surface area contributed by atoms with Gasteiger partial charge in [-0.3, -0.25) is 4.79 Å². The van der Waals surface area contributed by atoms with E-state index in [0.717, 1.165) is 12.0 Å². The number of nitrogens with one attached hydrogen (secondary N) is 2. The molecule has 1 fully saturated rings. The van der Waals surface area contributed by atoms with Crippen molar-refractivity contribution in [3.8, 4) is 0 Å². The minimum Gasteiger partial charge on any atom is -0.353 e. The lowest BCUT2D eigenvalue weighted by Gasteiger charge is -2.40. The second-order valence-electron chi connectivity index (χ2n) is 8.75. The summed E-state index contributed by atoms with van der Waals surface area (Å²) in [4.78, 5) is 26.2. The molecule has 2 atom stereocenters. The van der Waals surface area contributed by atoms with Crippen molar-refractivity contribution in [2.45, 2.75) is 65.5 Å². The molecule has 0 saturated heterocycles. The largest absolute Gasteiger partial charge is 0.353 e. The van der Waals surface area contributed by atoms with E-state index in [4.69, 9.17) is 0 Å². The lowest BCUT2D eigenvalue weighted by molar-refractivity contribution is -0.122. The second kappa shape index (κ2) is 9.77. The predicted molar refractivity (Wildman–Crippen MR) is 109 cm³/mol.